The molecule has 1 rings (SSSR count). The lowest BCUT2D eigenvalue weighted by molar-refractivity contribution is -0.0886. The van der Waals surface area contributed by atoms with E-state index in [2.05, 4.69) is 5.10 Å². The molecule has 3 nitrogen and oxygen atoms in total. The Morgan fingerprint density at radius 3 is 2.21 bits per heavy atom. The highest BCUT2D eigenvalue weighted by atomic mass is 19.4. The Kier molecular flexibility index (Phi) is 4.65. The molecule has 0 aliphatic heterocycles. The van der Waals surface area contributed by atoms with Crippen LogP contribution in [0.5, 0.6) is 0 Å². The van der Waals surface area contributed by atoms with Crippen molar-refractivity contribution in [2.45, 2.75) is 45.8 Å². The molecule has 1 heterocycles. The Bertz CT molecular complexity index is 464. The van der Waals surface area contributed by atoms with E-state index in [0.717, 1.165) is 4.68 Å². The molecule has 0 atom stereocenters. The molecule has 0 saturated heterocycles. The van der Waals surface area contributed by atoms with Gasteiger partial charge in [0.15, 0.2) is 0 Å². The predicted molar refractivity (Wildman–Crippen MR) is 57.4 cm³/mol. The van der Waals surface area contributed by atoms with Gasteiger partial charge >= 0.3 is 6.18 Å². The summed E-state index contributed by atoms with van der Waals surface area (Å²) in [7, 11) is 0. The third-order valence-electron chi connectivity index (χ3n) is 2.60. The molecule has 0 aromatic carbocycles. The van der Waals surface area contributed by atoms with Crippen LogP contribution in [0.1, 0.15) is 35.6 Å². The molecule has 108 valence electrons. The highest BCUT2D eigenvalue weighted by molar-refractivity contribution is 6.02. The number of aryl methyl sites for hydroxylation is 1. The molecule has 0 amide bonds. The highest BCUT2D eigenvalue weighted by Gasteiger charge is 2.42. The van der Waals surface area contributed by atoms with Gasteiger partial charge in [-0.2, -0.15) is 18.3 Å². The molecule has 0 saturated carbocycles. The van der Waals surface area contributed by atoms with Gasteiger partial charge in [-0.15, -0.1) is 0 Å². The van der Waals surface area contributed by atoms with Crippen LogP contribution in [0.3, 0.4) is 0 Å². The minimum atomic E-state index is -5.04. The van der Waals surface area contributed by atoms with E-state index in [-0.39, 0.29) is 24.2 Å². The van der Waals surface area contributed by atoms with Crippen LogP contribution in [0.4, 0.5) is 22.0 Å². The van der Waals surface area contributed by atoms with Crippen LogP contribution >= 0.6 is 0 Å². The van der Waals surface area contributed by atoms with Crippen molar-refractivity contribution in [3.05, 3.63) is 17.0 Å². The SMILES string of the molecule is CCc1nn(CC(F)F)c(CC)c1C(=O)C(F)(F)F. The lowest BCUT2D eigenvalue weighted by atomic mass is 10.0. The Morgan fingerprint density at radius 1 is 1.26 bits per heavy atom. The largest absolute Gasteiger partial charge is 0.455 e. The molecule has 0 fully saturated rings. The Hall–Kier alpha value is -1.47. The second kappa shape index (κ2) is 5.66. The third kappa shape index (κ3) is 3.30. The first-order valence-corrected chi connectivity index (χ1v) is 5.70. The van der Waals surface area contributed by atoms with Crippen molar-refractivity contribution in [1.82, 2.24) is 9.78 Å². The van der Waals surface area contributed by atoms with Gasteiger partial charge in [0.05, 0.1) is 11.3 Å². The number of halogens is 5. The maximum absolute atomic E-state index is 12.5. The molecule has 1 aromatic heterocycles. The molecule has 0 bridgehead atoms. The van der Waals surface area contributed by atoms with Gasteiger partial charge in [-0.25, -0.2) is 8.78 Å². The summed E-state index contributed by atoms with van der Waals surface area (Å²) in [4.78, 5) is 11.4. The Labute approximate surface area is 106 Å². The monoisotopic (exact) mass is 284 g/mol. The zero-order chi connectivity index (χ0) is 14.8. The summed E-state index contributed by atoms with van der Waals surface area (Å²) in [6.45, 7) is 2.19. The highest BCUT2D eigenvalue weighted by Crippen LogP contribution is 2.27. The van der Waals surface area contributed by atoms with Crippen LogP contribution in [0.2, 0.25) is 0 Å². The number of hydrogen-bond donors (Lipinski definition) is 0. The lowest BCUT2D eigenvalue weighted by Crippen LogP contribution is -2.25. The van der Waals surface area contributed by atoms with E-state index in [0.29, 0.717) is 0 Å². The van der Waals surface area contributed by atoms with Crippen LogP contribution in [-0.2, 0) is 19.4 Å². The fourth-order valence-electron chi connectivity index (χ4n) is 1.84. The number of carbonyl (C=O) groups is 1. The number of alkyl halides is 5. The number of Topliss-reactive ketones (excluding diaryl/α,β-unsaturated/α-hetero) is 1. The van der Waals surface area contributed by atoms with Gasteiger partial charge in [0.25, 0.3) is 12.2 Å². The summed E-state index contributed by atoms with van der Waals surface area (Å²) in [6.07, 6.45) is -7.69. The van der Waals surface area contributed by atoms with Gasteiger partial charge in [0.1, 0.15) is 6.54 Å². The fraction of sp³-hybridized carbons (Fsp3) is 0.636. The van der Waals surface area contributed by atoms with Crippen molar-refractivity contribution in [2.24, 2.45) is 0 Å². The third-order valence-corrected chi connectivity index (χ3v) is 2.60. The van der Waals surface area contributed by atoms with E-state index in [1.807, 2.05) is 0 Å². The van der Waals surface area contributed by atoms with Gasteiger partial charge in [-0.05, 0) is 12.8 Å². The number of rotatable bonds is 5. The standard InChI is InChI=1S/C11H13F5N2O/c1-3-6-9(10(19)11(14,15)16)7(4-2)18(17-6)5-8(12)13/h8H,3-5H2,1-2H3. The second-order valence-electron chi connectivity index (χ2n) is 3.88. The van der Waals surface area contributed by atoms with Crippen molar-refractivity contribution >= 4 is 5.78 Å². The van der Waals surface area contributed by atoms with E-state index in [4.69, 9.17) is 0 Å². The average Bonchev–Trinajstić information content (AvgIpc) is 2.63. The van der Waals surface area contributed by atoms with Crippen LogP contribution in [0, 0.1) is 0 Å². The summed E-state index contributed by atoms with van der Waals surface area (Å²) in [5.41, 5.74) is -0.780. The van der Waals surface area contributed by atoms with E-state index < -0.39 is 30.5 Å². The molecule has 1 aromatic rings. The molecule has 0 aliphatic rings. The van der Waals surface area contributed by atoms with Gasteiger partial charge in [0.2, 0.25) is 0 Å². The Balaban J connectivity index is 3.36. The van der Waals surface area contributed by atoms with Crippen molar-refractivity contribution in [3.63, 3.8) is 0 Å². The quantitative estimate of drug-likeness (QED) is 0.615. The molecule has 0 radical (unpaired) electrons. The first kappa shape index (κ1) is 15.6. The van der Waals surface area contributed by atoms with Gasteiger partial charge < -0.3 is 0 Å². The average molecular weight is 284 g/mol. The van der Waals surface area contributed by atoms with Gasteiger partial charge in [-0.1, -0.05) is 13.8 Å². The normalized spacial score (nSPS) is 12.2. The smallest absolute Gasteiger partial charge is 0.284 e. The molecule has 0 N–H and O–H groups in total. The molecule has 0 unspecified atom stereocenters. The van der Waals surface area contributed by atoms with Crippen molar-refractivity contribution in [2.75, 3.05) is 0 Å². The molecule has 8 heteroatoms. The summed E-state index contributed by atoms with van der Waals surface area (Å²) in [5, 5.41) is 3.69. The Morgan fingerprint density at radius 2 is 1.84 bits per heavy atom. The number of hydrogen-bond acceptors (Lipinski definition) is 2. The molecular formula is C11H13F5N2O. The molecule has 0 spiro atoms. The zero-order valence-corrected chi connectivity index (χ0v) is 10.4. The first-order chi connectivity index (χ1) is 8.72. The van der Waals surface area contributed by atoms with Crippen molar-refractivity contribution in [1.29, 1.82) is 0 Å². The van der Waals surface area contributed by atoms with Crippen LogP contribution in [0.25, 0.3) is 0 Å². The number of nitrogens with zero attached hydrogens (tertiary/aromatic N) is 2. The summed E-state index contributed by atoms with van der Waals surface area (Å²) in [6, 6.07) is 0. The predicted octanol–water partition coefficient (Wildman–Crippen LogP) is 3.02. The first-order valence-electron chi connectivity index (χ1n) is 5.70. The molecule has 19 heavy (non-hydrogen) atoms. The van der Waals surface area contributed by atoms with Gasteiger partial charge in [-0.3, -0.25) is 9.48 Å². The number of aromatic nitrogens is 2. The summed E-state index contributed by atoms with van der Waals surface area (Å²) in [5.74, 6) is -2.03. The van der Waals surface area contributed by atoms with Crippen molar-refractivity contribution < 1.29 is 26.7 Å². The number of ketones is 1. The van der Waals surface area contributed by atoms with E-state index in [9.17, 15) is 26.7 Å². The van der Waals surface area contributed by atoms with E-state index in [1.165, 1.54) is 13.8 Å². The van der Waals surface area contributed by atoms with Crippen LogP contribution in [0.15, 0.2) is 0 Å². The minimum Gasteiger partial charge on any atom is -0.284 e. The maximum atomic E-state index is 12.5. The zero-order valence-electron chi connectivity index (χ0n) is 10.4. The van der Waals surface area contributed by atoms with Crippen LogP contribution in [-0.4, -0.2) is 28.2 Å². The van der Waals surface area contributed by atoms with E-state index >= 15 is 0 Å². The van der Waals surface area contributed by atoms with Crippen molar-refractivity contribution in [3.8, 4) is 0 Å². The van der Waals surface area contributed by atoms with Gasteiger partial charge in [0, 0.05) is 5.69 Å². The minimum absolute atomic E-state index is 0.0247. The second-order valence-corrected chi connectivity index (χ2v) is 3.88. The molecular weight excluding hydrogens is 271 g/mol. The summed E-state index contributed by atoms with van der Waals surface area (Å²) < 4.78 is 63.0. The summed E-state index contributed by atoms with van der Waals surface area (Å²) >= 11 is 0. The number of carbonyl (C=O) groups excluding carboxylic acids is 1. The van der Waals surface area contributed by atoms with E-state index in [1.54, 1.807) is 0 Å². The lowest BCUT2D eigenvalue weighted by Gasteiger charge is -2.08. The van der Waals surface area contributed by atoms with Crippen LogP contribution < -0.4 is 0 Å². The molecule has 0 aliphatic carbocycles. The topological polar surface area (TPSA) is 34.9 Å². The fourth-order valence-corrected chi connectivity index (χ4v) is 1.84. The maximum Gasteiger partial charge on any atom is 0.455 e.